The molecule has 4 rings (SSSR count). The highest BCUT2D eigenvalue weighted by Crippen LogP contribution is 2.36. The monoisotopic (exact) mass is 406 g/mol. The Labute approximate surface area is 179 Å². The SMILES string of the molecule is CC(C)N1CC2OCC(CC(C)N3CC4CCN(C(C)C)C4C3)N(C(C)C)C2C1. The van der Waals surface area contributed by atoms with E-state index in [-0.39, 0.29) is 0 Å². The summed E-state index contributed by atoms with van der Waals surface area (Å²) < 4.78 is 6.45. The molecule has 0 saturated carbocycles. The smallest absolute Gasteiger partial charge is 0.0870 e. The van der Waals surface area contributed by atoms with Crippen molar-refractivity contribution < 1.29 is 4.74 Å². The Morgan fingerprint density at radius 2 is 1.52 bits per heavy atom. The van der Waals surface area contributed by atoms with Gasteiger partial charge in [-0.15, -0.1) is 0 Å². The number of nitrogens with zero attached hydrogens (tertiary/aromatic N) is 4. The first-order valence-corrected chi connectivity index (χ1v) is 12.4. The average Bonchev–Trinajstić information content (AvgIpc) is 3.33. The van der Waals surface area contributed by atoms with Crippen molar-refractivity contribution in [2.24, 2.45) is 5.92 Å². The fourth-order valence-corrected chi connectivity index (χ4v) is 6.81. The molecule has 0 aromatic rings. The van der Waals surface area contributed by atoms with E-state index < -0.39 is 0 Å². The minimum atomic E-state index is 0.400. The quantitative estimate of drug-likeness (QED) is 0.675. The highest BCUT2D eigenvalue weighted by molar-refractivity contribution is 5.02. The minimum absolute atomic E-state index is 0.400. The molecule has 0 aromatic carbocycles. The van der Waals surface area contributed by atoms with Crippen LogP contribution >= 0.6 is 0 Å². The van der Waals surface area contributed by atoms with Crippen LogP contribution in [0.4, 0.5) is 0 Å². The van der Waals surface area contributed by atoms with Gasteiger partial charge in [0.25, 0.3) is 0 Å². The van der Waals surface area contributed by atoms with E-state index in [1.807, 2.05) is 0 Å². The van der Waals surface area contributed by atoms with Crippen molar-refractivity contribution >= 4 is 0 Å². The summed E-state index contributed by atoms with van der Waals surface area (Å²) in [5, 5.41) is 0. The molecular weight excluding hydrogens is 360 g/mol. The summed E-state index contributed by atoms with van der Waals surface area (Å²) in [6.07, 6.45) is 3.03. The zero-order chi connectivity index (χ0) is 20.9. The van der Waals surface area contributed by atoms with Gasteiger partial charge in [0.15, 0.2) is 0 Å². The molecule has 4 aliphatic rings. The topological polar surface area (TPSA) is 22.2 Å². The van der Waals surface area contributed by atoms with Crippen molar-refractivity contribution in [3.8, 4) is 0 Å². The number of rotatable bonds is 6. The van der Waals surface area contributed by atoms with Crippen LogP contribution in [0, 0.1) is 5.92 Å². The van der Waals surface area contributed by atoms with Crippen molar-refractivity contribution in [1.29, 1.82) is 0 Å². The van der Waals surface area contributed by atoms with Gasteiger partial charge in [0.05, 0.1) is 18.8 Å². The number of ether oxygens (including phenoxy) is 1. The molecule has 0 spiro atoms. The molecule has 0 aliphatic carbocycles. The van der Waals surface area contributed by atoms with Crippen LogP contribution in [0.25, 0.3) is 0 Å². The predicted molar refractivity (Wildman–Crippen MR) is 120 cm³/mol. The second-order valence-corrected chi connectivity index (χ2v) is 11.2. The maximum absolute atomic E-state index is 6.45. The number of likely N-dealkylation sites (tertiary alicyclic amines) is 3. The molecular formula is C24H46N4O. The molecule has 4 saturated heterocycles. The standard InChI is InChI=1S/C24H46N4O/c1-16(2)25-13-23-24(14-25)29-15-21(28(23)18(5)6)10-19(7)26-11-20-8-9-27(17(3)4)22(20)12-26/h16-24H,8-15H2,1-7H3. The lowest BCUT2D eigenvalue weighted by Crippen LogP contribution is -2.60. The fraction of sp³-hybridized carbons (Fsp3) is 1.00. The molecule has 4 heterocycles. The van der Waals surface area contributed by atoms with E-state index in [2.05, 4.69) is 68.1 Å². The van der Waals surface area contributed by atoms with E-state index in [1.165, 1.54) is 39.0 Å². The number of morpholine rings is 1. The molecule has 4 aliphatic heterocycles. The summed E-state index contributed by atoms with van der Waals surface area (Å²) in [6.45, 7) is 23.7. The van der Waals surface area contributed by atoms with Crippen molar-refractivity contribution in [1.82, 2.24) is 19.6 Å². The normalized spacial score (nSPS) is 38.5. The van der Waals surface area contributed by atoms with Gasteiger partial charge in [0, 0.05) is 62.4 Å². The van der Waals surface area contributed by atoms with Crippen molar-refractivity contribution in [2.45, 2.75) is 110 Å². The third-order valence-electron chi connectivity index (χ3n) is 8.42. The van der Waals surface area contributed by atoms with Crippen molar-refractivity contribution in [2.75, 3.05) is 39.3 Å². The van der Waals surface area contributed by atoms with E-state index >= 15 is 0 Å². The van der Waals surface area contributed by atoms with Crippen molar-refractivity contribution in [3.05, 3.63) is 0 Å². The first kappa shape index (κ1) is 22.0. The van der Waals surface area contributed by atoms with Crippen LogP contribution in [-0.4, -0.2) is 107 Å². The van der Waals surface area contributed by atoms with Crippen LogP contribution in [-0.2, 0) is 4.74 Å². The molecule has 0 amide bonds. The van der Waals surface area contributed by atoms with Crippen LogP contribution in [0.3, 0.4) is 0 Å². The predicted octanol–water partition coefficient (Wildman–Crippen LogP) is 2.75. The average molecular weight is 407 g/mol. The third-order valence-corrected chi connectivity index (χ3v) is 8.42. The van der Waals surface area contributed by atoms with Crippen LogP contribution in [0.15, 0.2) is 0 Å². The van der Waals surface area contributed by atoms with E-state index in [0.29, 0.717) is 42.4 Å². The molecule has 6 unspecified atom stereocenters. The molecule has 0 N–H and O–H groups in total. The summed E-state index contributed by atoms with van der Waals surface area (Å²) in [5.41, 5.74) is 0. The Balaban J connectivity index is 1.38. The van der Waals surface area contributed by atoms with Crippen LogP contribution in [0.2, 0.25) is 0 Å². The van der Waals surface area contributed by atoms with Gasteiger partial charge in [0.1, 0.15) is 0 Å². The number of fused-ring (bicyclic) bond motifs is 2. The van der Waals surface area contributed by atoms with Crippen molar-refractivity contribution in [3.63, 3.8) is 0 Å². The Hall–Kier alpha value is -0.200. The first-order chi connectivity index (χ1) is 13.8. The molecule has 0 bridgehead atoms. The Morgan fingerprint density at radius 1 is 0.793 bits per heavy atom. The lowest BCUT2D eigenvalue weighted by atomic mass is 9.98. The summed E-state index contributed by atoms with van der Waals surface area (Å²) >= 11 is 0. The molecule has 5 heteroatoms. The summed E-state index contributed by atoms with van der Waals surface area (Å²) in [4.78, 5) is 11.0. The van der Waals surface area contributed by atoms with Gasteiger partial charge in [-0.1, -0.05) is 0 Å². The molecule has 168 valence electrons. The van der Waals surface area contributed by atoms with Crippen LogP contribution < -0.4 is 0 Å². The second-order valence-electron chi connectivity index (χ2n) is 11.2. The van der Waals surface area contributed by atoms with Gasteiger partial charge in [0.2, 0.25) is 0 Å². The lowest BCUT2D eigenvalue weighted by molar-refractivity contribution is -0.101. The first-order valence-electron chi connectivity index (χ1n) is 12.4. The summed E-state index contributed by atoms with van der Waals surface area (Å²) in [6, 6.07) is 4.45. The fourth-order valence-electron chi connectivity index (χ4n) is 6.81. The minimum Gasteiger partial charge on any atom is -0.374 e. The lowest BCUT2D eigenvalue weighted by Gasteiger charge is -2.47. The highest BCUT2D eigenvalue weighted by Gasteiger charge is 2.47. The van der Waals surface area contributed by atoms with E-state index in [1.54, 1.807) is 0 Å². The second kappa shape index (κ2) is 8.74. The maximum atomic E-state index is 6.45. The molecule has 0 aromatic heterocycles. The number of hydrogen-bond donors (Lipinski definition) is 0. The number of hydrogen-bond acceptors (Lipinski definition) is 5. The Bertz CT molecular complexity index is 553. The zero-order valence-electron chi connectivity index (χ0n) is 20.1. The molecule has 0 radical (unpaired) electrons. The van der Waals surface area contributed by atoms with Gasteiger partial charge in [-0.05, 0) is 73.8 Å². The molecule has 4 fully saturated rings. The van der Waals surface area contributed by atoms with Gasteiger partial charge in [-0.25, -0.2) is 0 Å². The molecule has 5 nitrogen and oxygen atoms in total. The molecule has 6 atom stereocenters. The van der Waals surface area contributed by atoms with Gasteiger partial charge in [-0.2, -0.15) is 0 Å². The van der Waals surface area contributed by atoms with E-state index in [0.717, 1.165) is 25.1 Å². The Kier molecular flexibility index (Phi) is 6.63. The van der Waals surface area contributed by atoms with Gasteiger partial charge >= 0.3 is 0 Å². The van der Waals surface area contributed by atoms with Crippen LogP contribution in [0.1, 0.15) is 61.3 Å². The third kappa shape index (κ3) is 4.27. The maximum Gasteiger partial charge on any atom is 0.0870 e. The molecule has 29 heavy (non-hydrogen) atoms. The van der Waals surface area contributed by atoms with Gasteiger partial charge < -0.3 is 4.74 Å². The summed E-state index contributed by atoms with van der Waals surface area (Å²) in [7, 11) is 0. The van der Waals surface area contributed by atoms with Crippen LogP contribution in [0.5, 0.6) is 0 Å². The summed E-state index contributed by atoms with van der Waals surface area (Å²) in [5.74, 6) is 0.891. The van der Waals surface area contributed by atoms with E-state index in [9.17, 15) is 0 Å². The zero-order valence-corrected chi connectivity index (χ0v) is 20.1. The highest BCUT2D eigenvalue weighted by atomic mass is 16.5. The van der Waals surface area contributed by atoms with E-state index in [4.69, 9.17) is 4.74 Å². The van der Waals surface area contributed by atoms with Gasteiger partial charge in [-0.3, -0.25) is 19.6 Å². The Morgan fingerprint density at radius 3 is 2.17 bits per heavy atom. The largest absolute Gasteiger partial charge is 0.374 e.